The van der Waals surface area contributed by atoms with Crippen molar-refractivity contribution in [3.05, 3.63) is 29.8 Å². The number of para-hydroxylation sites is 1. The Balaban J connectivity index is 2.77. The quantitative estimate of drug-likeness (QED) is 0.797. The van der Waals surface area contributed by atoms with Crippen molar-refractivity contribution in [2.75, 3.05) is 25.5 Å². The number of nitrogens with zero attached hydrogens (tertiary/aromatic N) is 1. The lowest BCUT2D eigenvalue weighted by molar-refractivity contribution is 0.187. The third-order valence-electron chi connectivity index (χ3n) is 2.60. The van der Waals surface area contributed by atoms with E-state index in [1.807, 2.05) is 26.2 Å². The third kappa shape index (κ3) is 3.51. The summed E-state index contributed by atoms with van der Waals surface area (Å²) in [6.07, 6.45) is -0.311. The number of benzene rings is 1. The Labute approximate surface area is 98.1 Å². The number of anilines is 1. The first-order valence-electron chi connectivity index (χ1n) is 5.70. The molecule has 0 saturated heterocycles. The highest BCUT2D eigenvalue weighted by atomic mass is 16.3. The summed E-state index contributed by atoms with van der Waals surface area (Å²) in [5, 5.41) is 12.6. The molecule has 0 radical (unpaired) electrons. The Morgan fingerprint density at radius 1 is 1.25 bits per heavy atom. The van der Waals surface area contributed by atoms with Gasteiger partial charge in [0.05, 0.1) is 6.10 Å². The van der Waals surface area contributed by atoms with Crippen LogP contribution < -0.4 is 10.2 Å². The summed E-state index contributed by atoms with van der Waals surface area (Å²) >= 11 is 0. The lowest BCUT2D eigenvalue weighted by Crippen LogP contribution is -2.28. The average molecular weight is 222 g/mol. The molecule has 2 atom stereocenters. The zero-order valence-electron chi connectivity index (χ0n) is 10.6. The standard InChI is InChI=1S/C13H22N2O/c1-10(16)9-14-11(2)12-7-5-6-8-13(12)15(3)4/h5-8,10-11,14,16H,9H2,1-4H3/t10-,11?/m0/s1. The molecule has 1 aromatic rings. The van der Waals surface area contributed by atoms with E-state index in [2.05, 4.69) is 29.3 Å². The summed E-state index contributed by atoms with van der Waals surface area (Å²) in [5.41, 5.74) is 2.47. The van der Waals surface area contributed by atoms with Crippen LogP contribution in [0.15, 0.2) is 24.3 Å². The van der Waals surface area contributed by atoms with Crippen LogP contribution in [0.5, 0.6) is 0 Å². The van der Waals surface area contributed by atoms with Gasteiger partial charge in [-0.15, -0.1) is 0 Å². The van der Waals surface area contributed by atoms with Gasteiger partial charge in [-0.3, -0.25) is 0 Å². The van der Waals surface area contributed by atoms with Crippen LogP contribution >= 0.6 is 0 Å². The van der Waals surface area contributed by atoms with Crippen molar-refractivity contribution in [3.63, 3.8) is 0 Å². The van der Waals surface area contributed by atoms with Crippen molar-refractivity contribution in [3.8, 4) is 0 Å². The maximum absolute atomic E-state index is 9.25. The van der Waals surface area contributed by atoms with Crippen LogP contribution in [0.2, 0.25) is 0 Å². The first-order chi connectivity index (χ1) is 7.52. The van der Waals surface area contributed by atoms with Crippen molar-refractivity contribution in [1.82, 2.24) is 5.32 Å². The zero-order valence-corrected chi connectivity index (χ0v) is 10.6. The van der Waals surface area contributed by atoms with E-state index in [9.17, 15) is 5.11 Å². The van der Waals surface area contributed by atoms with Crippen LogP contribution in [-0.2, 0) is 0 Å². The molecule has 1 unspecified atom stereocenters. The van der Waals surface area contributed by atoms with E-state index < -0.39 is 0 Å². The van der Waals surface area contributed by atoms with Gasteiger partial charge >= 0.3 is 0 Å². The molecule has 1 aromatic carbocycles. The van der Waals surface area contributed by atoms with Crippen molar-refractivity contribution < 1.29 is 5.11 Å². The van der Waals surface area contributed by atoms with Gasteiger partial charge < -0.3 is 15.3 Å². The summed E-state index contributed by atoms with van der Waals surface area (Å²) in [4.78, 5) is 2.11. The predicted molar refractivity (Wildman–Crippen MR) is 68.9 cm³/mol. The fourth-order valence-electron chi connectivity index (χ4n) is 1.72. The molecule has 16 heavy (non-hydrogen) atoms. The molecular weight excluding hydrogens is 200 g/mol. The highest BCUT2D eigenvalue weighted by Gasteiger charge is 2.11. The number of aliphatic hydroxyl groups is 1. The average Bonchev–Trinajstić information content (AvgIpc) is 2.25. The third-order valence-corrected chi connectivity index (χ3v) is 2.60. The van der Waals surface area contributed by atoms with E-state index in [4.69, 9.17) is 0 Å². The maximum Gasteiger partial charge on any atom is 0.0636 e. The molecule has 0 saturated carbocycles. The van der Waals surface area contributed by atoms with Gasteiger partial charge in [0, 0.05) is 32.4 Å². The topological polar surface area (TPSA) is 35.5 Å². The van der Waals surface area contributed by atoms with E-state index in [1.165, 1.54) is 11.3 Å². The second kappa shape index (κ2) is 5.87. The van der Waals surface area contributed by atoms with Crippen LogP contribution in [0.4, 0.5) is 5.69 Å². The summed E-state index contributed by atoms with van der Waals surface area (Å²) < 4.78 is 0. The van der Waals surface area contributed by atoms with E-state index >= 15 is 0 Å². The van der Waals surface area contributed by atoms with Crippen LogP contribution in [0, 0.1) is 0 Å². The predicted octanol–water partition coefficient (Wildman–Crippen LogP) is 1.78. The molecular formula is C13H22N2O. The number of rotatable bonds is 5. The molecule has 0 aliphatic carbocycles. The van der Waals surface area contributed by atoms with Crippen molar-refractivity contribution in [2.45, 2.75) is 26.0 Å². The number of nitrogens with one attached hydrogen (secondary N) is 1. The molecule has 0 aliphatic heterocycles. The lowest BCUT2D eigenvalue weighted by atomic mass is 10.1. The Kier molecular flexibility index (Phi) is 4.77. The largest absolute Gasteiger partial charge is 0.392 e. The van der Waals surface area contributed by atoms with Gasteiger partial charge in [-0.25, -0.2) is 0 Å². The Bertz CT molecular complexity index is 323. The molecule has 90 valence electrons. The molecule has 0 spiro atoms. The van der Waals surface area contributed by atoms with Crippen molar-refractivity contribution in [1.29, 1.82) is 0 Å². The Morgan fingerprint density at radius 2 is 1.88 bits per heavy atom. The second-order valence-electron chi connectivity index (χ2n) is 4.43. The molecule has 0 bridgehead atoms. The first kappa shape index (κ1) is 13.0. The maximum atomic E-state index is 9.25. The zero-order chi connectivity index (χ0) is 12.1. The Hall–Kier alpha value is -1.06. The summed E-state index contributed by atoms with van der Waals surface area (Å²) in [6.45, 7) is 4.52. The molecule has 0 fully saturated rings. The monoisotopic (exact) mass is 222 g/mol. The Morgan fingerprint density at radius 3 is 2.44 bits per heavy atom. The van der Waals surface area contributed by atoms with Crippen molar-refractivity contribution >= 4 is 5.69 Å². The summed E-state index contributed by atoms with van der Waals surface area (Å²) in [7, 11) is 4.08. The van der Waals surface area contributed by atoms with Crippen LogP contribution in [0.3, 0.4) is 0 Å². The van der Waals surface area contributed by atoms with Gasteiger partial charge in [-0.1, -0.05) is 18.2 Å². The van der Waals surface area contributed by atoms with Gasteiger partial charge in [-0.05, 0) is 25.5 Å². The molecule has 0 amide bonds. The van der Waals surface area contributed by atoms with Gasteiger partial charge in [0.1, 0.15) is 0 Å². The van der Waals surface area contributed by atoms with Gasteiger partial charge in [0.25, 0.3) is 0 Å². The molecule has 0 aromatic heterocycles. The van der Waals surface area contributed by atoms with E-state index in [0.29, 0.717) is 6.54 Å². The van der Waals surface area contributed by atoms with E-state index in [0.717, 1.165) is 0 Å². The fraction of sp³-hybridized carbons (Fsp3) is 0.538. The number of hydrogen-bond acceptors (Lipinski definition) is 3. The van der Waals surface area contributed by atoms with Gasteiger partial charge in [0.2, 0.25) is 0 Å². The second-order valence-corrected chi connectivity index (χ2v) is 4.43. The first-order valence-corrected chi connectivity index (χ1v) is 5.70. The fourth-order valence-corrected chi connectivity index (χ4v) is 1.72. The normalized spacial score (nSPS) is 14.6. The number of hydrogen-bond donors (Lipinski definition) is 2. The smallest absolute Gasteiger partial charge is 0.0636 e. The summed E-state index contributed by atoms with van der Waals surface area (Å²) in [6, 6.07) is 8.56. The molecule has 2 N–H and O–H groups in total. The van der Waals surface area contributed by atoms with E-state index in [1.54, 1.807) is 6.92 Å². The molecule has 0 heterocycles. The molecule has 1 rings (SSSR count). The van der Waals surface area contributed by atoms with Crippen molar-refractivity contribution in [2.24, 2.45) is 0 Å². The van der Waals surface area contributed by atoms with Gasteiger partial charge in [-0.2, -0.15) is 0 Å². The minimum Gasteiger partial charge on any atom is -0.392 e. The van der Waals surface area contributed by atoms with E-state index in [-0.39, 0.29) is 12.1 Å². The van der Waals surface area contributed by atoms with Crippen LogP contribution in [0.25, 0.3) is 0 Å². The lowest BCUT2D eigenvalue weighted by Gasteiger charge is -2.22. The highest BCUT2D eigenvalue weighted by molar-refractivity contribution is 5.53. The van der Waals surface area contributed by atoms with Crippen LogP contribution in [-0.4, -0.2) is 31.9 Å². The van der Waals surface area contributed by atoms with Gasteiger partial charge in [0.15, 0.2) is 0 Å². The minimum atomic E-state index is -0.311. The van der Waals surface area contributed by atoms with Crippen LogP contribution in [0.1, 0.15) is 25.5 Å². The SMILES string of the molecule is CC(NC[C@H](C)O)c1ccccc1N(C)C. The molecule has 3 heteroatoms. The molecule has 3 nitrogen and oxygen atoms in total. The number of aliphatic hydroxyl groups excluding tert-OH is 1. The summed E-state index contributed by atoms with van der Waals surface area (Å²) in [5.74, 6) is 0. The minimum absolute atomic E-state index is 0.244. The highest BCUT2D eigenvalue weighted by Crippen LogP contribution is 2.24. The molecule has 0 aliphatic rings.